The van der Waals surface area contributed by atoms with E-state index >= 15 is 0 Å². The van der Waals surface area contributed by atoms with E-state index in [-0.39, 0.29) is 19.4 Å². The van der Waals surface area contributed by atoms with Crippen molar-refractivity contribution in [2.24, 2.45) is 0 Å². The molecule has 4 nitrogen and oxygen atoms in total. The van der Waals surface area contributed by atoms with Crippen LogP contribution >= 0.6 is 23.2 Å². The molecule has 202 valence electrons. The van der Waals surface area contributed by atoms with Crippen molar-refractivity contribution in [1.29, 1.82) is 0 Å². The molecule has 0 saturated heterocycles. The van der Waals surface area contributed by atoms with Crippen molar-refractivity contribution in [1.82, 2.24) is 5.32 Å². The third-order valence-electron chi connectivity index (χ3n) is 6.38. The zero-order valence-electron chi connectivity index (χ0n) is 20.6. The highest BCUT2D eigenvalue weighted by atomic mass is 35.5. The third kappa shape index (κ3) is 7.74. The summed E-state index contributed by atoms with van der Waals surface area (Å²) in [6.45, 7) is -0.0206. The van der Waals surface area contributed by atoms with Gasteiger partial charge in [-0.25, -0.2) is 0 Å². The zero-order valence-corrected chi connectivity index (χ0v) is 22.1. The van der Waals surface area contributed by atoms with Crippen LogP contribution in [0.1, 0.15) is 46.7 Å². The van der Waals surface area contributed by atoms with Crippen LogP contribution in [0.15, 0.2) is 78.9 Å². The molecule has 0 bridgehead atoms. The molecule has 4 aromatic carbocycles. The maximum Gasteiger partial charge on any atom is 0.389 e. The lowest BCUT2D eigenvalue weighted by Gasteiger charge is -2.20. The Kier molecular flexibility index (Phi) is 8.83. The average Bonchev–Trinajstić information content (AvgIpc) is 2.87. The van der Waals surface area contributed by atoms with E-state index in [1.807, 2.05) is 48.5 Å². The largest absolute Gasteiger partial charge is 0.481 e. The van der Waals surface area contributed by atoms with Crippen LogP contribution < -0.4 is 5.32 Å². The third-order valence-corrected chi connectivity index (χ3v) is 6.82. The topological polar surface area (TPSA) is 66.4 Å². The van der Waals surface area contributed by atoms with Gasteiger partial charge in [0.25, 0.3) is 5.91 Å². The van der Waals surface area contributed by atoms with Crippen LogP contribution in [0.5, 0.6) is 0 Å². The maximum absolute atomic E-state index is 13.2. The second-order valence-corrected chi connectivity index (χ2v) is 10.1. The number of benzene rings is 4. The highest BCUT2D eigenvalue weighted by molar-refractivity contribution is 6.35. The summed E-state index contributed by atoms with van der Waals surface area (Å²) in [5.74, 6) is -2.03. The molecule has 0 aromatic heterocycles. The van der Waals surface area contributed by atoms with Crippen LogP contribution in [0.25, 0.3) is 21.9 Å². The monoisotopic (exact) mass is 573 g/mol. The minimum absolute atomic E-state index is 0.0206. The summed E-state index contributed by atoms with van der Waals surface area (Å²) in [7, 11) is 0. The minimum Gasteiger partial charge on any atom is -0.481 e. The van der Waals surface area contributed by atoms with E-state index in [9.17, 15) is 22.8 Å². The number of hydrogen-bond donors (Lipinski definition) is 2. The van der Waals surface area contributed by atoms with Crippen molar-refractivity contribution in [2.45, 2.75) is 31.4 Å². The van der Waals surface area contributed by atoms with E-state index in [1.165, 1.54) is 12.1 Å². The van der Waals surface area contributed by atoms with E-state index in [0.29, 0.717) is 21.2 Å². The summed E-state index contributed by atoms with van der Waals surface area (Å²) < 4.78 is 39.6. The van der Waals surface area contributed by atoms with Gasteiger partial charge in [-0.1, -0.05) is 65.7 Å². The molecule has 0 aliphatic carbocycles. The predicted octanol–water partition coefficient (Wildman–Crippen LogP) is 8.49. The number of carboxylic acid groups (broad SMARTS) is 1. The molecular weight excluding hydrogens is 550 g/mol. The predicted molar refractivity (Wildman–Crippen MR) is 148 cm³/mol. The molecule has 39 heavy (non-hydrogen) atoms. The van der Waals surface area contributed by atoms with E-state index in [0.717, 1.165) is 27.5 Å². The standard InChI is InChI=1S/C30H24Cl2F3NO3/c31-25-15-24(16-26(32)17-25)22-6-5-21-14-23(8-7-20(21)13-22)27(9-11-30(33,34)35)18-1-3-19(4-2-18)29(39)36-12-10-28(37)38/h1-8,13-17,27H,9-12H2,(H,36,39)(H,37,38). The fourth-order valence-electron chi connectivity index (χ4n) is 4.47. The molecule has 1 atom stereocenters. The van der Waals surface area contributed by atoms with Gasteiger partial charge in [0.05, 0.1) is 6.42 Å². The molecule has 0 radical (unpaired) electrons. The molecule has 4 rings (SSSR count). The first-order valence-corrected chi connectivity index (χ1v) is 12.9. The highest BCUT2D eigenvalue weighted by Crippen LogP contribution is 2.36. The van der Waals surface area contributed by atoms with Gasteiger partial charge >= 0.3 is 12.1 Å². The Bertz CT molecular complexity index is 1480. The number of carbonyl (C=O) groups is 2. The number of fused-ring (bicyclic) bond motifs is 1. The fraction of sp³-hybridized carbons (Fsp3) is 0.200. The molecule has 0 aliphatic heterocycles. The Morgan fingerprint density at radius 1 is 0.795 bits per heavy atom. The Hall–Kier alpha value is -3.55. The first-order valence-electron chi connectivity index (χ1n) is 12.2. The summed E-state index contributed by atoms with van der Waals surface area (Å²) in [5.41, 5.74) is 3.43. The van der Waals surface area contributed by atoms with Gasteiger partial charge in [0, 0.05) is 34.5 Å². The lowest BCUT2D eigenvalue weighted by atomic mass is 9.85. The molecule has 4 aromatic rings. The number of amides is 1. The smallest absolute Gasteiger partial charge is 0.389 e. The van der Waals surface area contributed by atoms with E-state index in [4.69, 9.17) is 28.3 Å². The fourth-order valence-corrected chi connectivity index (χ4v) is 4.99. The van der Waals surface area contributed by atoms with Gasteiger partial charge in [-0.15, -0.1) is 0 Å². The molecule has 9 heteroatoms. The van der Waals surface area contributed by atoms with Crippen molar-refractivity contribution < 1.29 is 27.9 Å². The van der Waals surface area contributed by atoms with Crippen molar-refractivity contribution in [3.8, 4) is 11.1 Å². The average molecular weight is 574 g/mol. The molecule has 0 heterocycles. The van der Waals surface area contributed by atoms with Gasteiger partial charge in [-0.05, 0) is 75.8 Å². The van der Waals surface area contributed by atoms with Gasteiger partial charge in [-0.3, -0.25) is 9.59 Å². The molecule has 0 aliphatic rings. The number of carbonyl (C=O) groups excluding carboxylic acids is 1. The van der Waals surface area contributed by atoms with Gasteiger partial charge in [0.15, 0.2) is 0 Å². The van der Waals surface area contributed by atoms with Crippen LogP contribution in [0, 0.1) is 0 Å². The van der Waals surface area contributed by atoms with Crippen LogP contribution in [0.3, 0.4) is 0 Å². The van der Waals surface area contributed by atoms with Gasteiger partial charge in [-0.2, -0.15) is 13.2 Å². The lowest BCUT2D eigenvalue weighted by molar-refractivity contribution is -0.137. The SMILES string of the molecule is O=C(O)CCNC(=O)c1ccc(C(CCC(F)(F)F)c2ccc3cc(-c4cc(Cl)cc(Cl)c4)ccc3c2)cc1. The summed E-state index contributed by atoms with van der Waals surface area (Å²) in [5, 5.41) is 14.1. The number of aliphatic carboxylic acids is 1. The summed E-state index contributed by atoms with van der Waals surface area (Å²) in [4.78, 5) is 22.9. The second kappa shape index (κ2) is 12.1. The first kappa shape index (κ1) is 28.5. The molecule has 2 N–H and O–H groups in total. The number of nitrogens with one attached hydrogen (secondary N) is 1. The Morgan fingerprint density at radius 3 is 2.05 bits per heavy atom. The minimum atomic E-state index is -4.31. The van der Waals surface area contributed by atoms with Crippen LogP contribution in [-0.4, -0.2) is 29.7 Å². The van der Waals surface area contributed by atoms with Crippen molar-refractivity contribution in [2.75, 3.05) is 6.54 Å². The first-order chi connectivity index (χ1) is 18.5. The summed E-state index contributed by atoms with van der Waals surface area (Å²) in [6.07, 6.45) is -5.63. The Labute approximate surface area is 233 Å². The zero-order chi connectivity index (χ0) is 28.2. The van der Waals surface area contributed by atoms with E-state index < -0.39 is 30.4 Å². The molecule has 0 fully saturated rings. The molecule has 1 unspecified atom stereocenters. The second-order valence-electron chi connectivity index (χ2n) is 9.21. The van der Waals surface area contributed by atoms with Crippen LogP contribution in [-0.2, 0) is 4.79 Å². The van der Waals surface area contributed by atoms with E-state index in [1.54, 1.807) is 18.2 Å². The van der Waals surface area contributed by atoms with Crippen molar-refractivity contribution in [3.63, 3.8) is 0 Å². The number of alkyl halides is 3. The normalized spacial score (nSPS) is 12.3. The molecule has 1 amide bonds. The van der Waals surface area contributed by atoms with Crippen molar-refractivity contribution in [3.05, 3.63) is 106 Å². The van der Waals surface area contributed by atoms with Crippen molar-refractivity contribution >= 4 is 45.9 Å². The number of hydrogen-bond acceptors (Lipinski definition) is 2. The maximum atomic E-state index is 13.2. The summed E-state index contributed by atoms with van der Waals surface area (Å²) >= 11 is 12.3. The molecular formula is C30H24Cl2F3NO3. The summed E-state index contributed by atoms with van der Waals surface area (Å²) in [6, 6.07) is 23.0. The van der Waals surface area contributed by atoms with Crippen LogP contribution in [0.2, 0.25) is 10.0 Å². The lowest BCUT2D eigenvalue weighted by Crippen LogP contribution is -2.25. The number of rotatable bonds is 9. The highest BCUT2D eigenvalue weighted by Gasteiger charge is 2.29. The number of carboxylic acids is 1. The number of halogens is 5. The molecule has 0 saturated carbocycles. The Balaban J connectivity index is 1.62. The quantitative estimate of drug-likeness (QED) is 0.211. The van der Waals surface area contributed by atoms with Gasteiger partial charge in [0.1, 0.15) is 0 Å². The van der Waals surface area contributed by atoms with Crippen LogP contribution in [0.4, 0.5) is 13.2 Å². The van der Waals surface area contributed by atoms with Gasteiger partial charge < -0.3 is 10.4 Å². The van der Waals surface area contributed by atoms with E-state index in [2.05, 4.69) is 5.32 Å². The van der Waals surface area contributed by atoms with Gasteiger partial charge in [0.2, 0.25) is 0 Å². The molecule has 0 spiro atoms. The Morgan fingerprint density at radius 2 is 1.41 bits per heavy atom.